The maximum absolute atomic E-state index is 12.8. The number of esters is 1. The number of ether oxygens (including phenoxy) is 1. The Morgan fingerprint density at radius 3 is 2.09 bits per heavy atom. The first-order chi connectivity index (χ1) is 11.2. The first-order valence-electron chi connectivity index (χ1n) is 8.22. The van der Waals surface area contributed by atoms with Gasteiger partial charge in [0.25, 0.3) is 0 Å². The second-order valence-electron chi connectivity index (χ2n) is 6.62. The van der Waals surface area contributed by atoms with E-state index in [0.717, 1.165) is 24.0 Å². The van der Waals surface area contributed by atoms with E-state index in [1.54, 1.807) is 0 Å². The van der Waals surface area contributed by atoms with E-state index in [9.17, 15) is 9.90 Å². The summed E-state index contributed by atoms with van der Waals surface area (Å²) >= 11 is 0. The van der Waals surface area contributed by atoms with E-state index in [2.05, 4.69) is 0 Å². The van der Waals surface area contributed by atoms with Crippen LogP contribution in [0.5, 0.6) is 0 Å². The zero-order valence-corrected chi connectivity index (χ0v) is 12.9. The topological polar surface area (TPSA) is 46.5 Å². The summed E-state index contributed by atoms with van der Waals surface area (Å²) in [5.74, 6) is -0.254. The number of benzene rings is 2. The van der Waals surface area contributed by atoms with E-state index in [0.29, 0.717) is 12.8 Å². The van der Waals surface area contributed by atoms with Crippen LogP contribution in [-0.4, -0.2) is 11.1 Å². The summed E-state index contributed by atoms with van der Waals surface area (Å²) in [5, 5.41) is 11.9. The van der Waals surface area contributed by atoms with E-state index in [1.165, 1.54) is 0 Å². The van der Waals surface area contributed by atoms with Crippen molar-refractivity contribution in [1.82, 2.24) is 0 Å². The molecule has 0 unspecified atom stereocenters. The van der Waals surface area contributed by atoms with Crippen LogP contribution >= 0.6 is 0 Å². The molecule has 2 aromatic rings. The maximum Gasteiger partial charge on any atom is 0.316 e. The molecular weight excluding hydrogens is 288 g/mol. The number of hydrogen-bond acceptors (Lipinski definition) is 3. The summed E-state index contributed by atoms with van der Waals surface area (Å²) < 4.78 is 5.77. The highest BCUT2D eigenvalue weighted by Crippen LogP contribution is 2.62. The fourth-order valence-electron chi connectivity index (χ4n) is 4.33. The highest BCUT2D eigenvalue weighted by Gasteiger charge is 2.68. The molecule has 1 saturated heterocycles. The highest BCUT2D eigenvalue weighted by atomic mass is 16.6. The molecule has 0 aromatic heterocycles. The minimum Gasteiger partial charge on any atom is -0.453 e. The summed E-state index contributed by atoms with van der Waals surface area (Å²) in [6.45, 7) is 0. The maximum atomic E-state index is 12.8. The van der Waals surface area contributed by atoms with Crippen molar-refractivity contribution in [2.24, 2.45) is 5.41 Å². The second kappa shape index (κ2) is 5.20. The number of carbonyl (C=O) groups excluding carboxylic acids is 1. The Bertz CT molecular complexity index is 704. The zero-order valence-electron chi connectivity index (χ0n) is 12.9. The van der Waals surface area contributed by atoms with Gasteiger partial charge in [0.15, 0.2) is 6.10 Å². The lowest BCUT2D eigenvalue weighted by atomic mass is 9.65. The summed E-state index contributed by atoms with van der Waals surface area (Å²) in [6.07, 6.45) is 2.61. The van der Waals surface area contributed by atoms with Crippen LogP contribution in [0.1, 0.15) is 42.9 Å². The Morgan fingerprint density at radius 1 is 0.913 bits per heavy atom. The van der Waals surface area contributed by atoms with Crippen LogP contribution in [0.3, 0.4) is 0 Å². The van der Waals surface area contributed by atoms with Crippen LogP contribution in [-0.2, 0) is 15.1 Å². The SMILES string of the molecule is O=C1O[C@@H](c2ccccc2)[C@](O)(c2ccccc2)C12CCCC2. The van der Waals surface area contributed by atoms with E-state index in [-0.39, 0.29) is 5.97 Å². The van der Waals surface area contributed by atoms with Gasteiger partial charge in [-0.05, 0) is 24.0 Å². The first kappa shape index (κ1) is 14.5. The number of carbonyl (C=O) groups is 1. The molecule has 1 N–H and O–H groups in total. The first-order valence-corrected chi connectivity index (χ1v) is 8.22. The van der Waals surface area contributed by atoms with Gasteiger partial charge < -0.3 is 9.84 Å². The van der Waals surface area contributed by atoms with Crippen molar-refractivity contribution in [3.8, 4) is 0 Å². The Balaban J connectivity index is 1.92. The lowest BCUT2D eigenvalue weighted by Crippen LogP contribution is -2.46. The molecule has 0 radical (unpaired) electrons. The van der Waals surface area contributed by atoms with Gasteiger partial charge >= 0.3 is 5.97 Å². The lowest BCUT2D eigenvalue weighted by Gasteiger charge is -2.38. The van der Waals surface area contributed by atoms with E-state index in [4.69, 9.17) is 4.74 Å². The molecule has 2 fully saturated rings. The monoisotopic (exact) mass is 308 g/mol. The normalized spacial score (nSPS) is 28.9. The molecule has 3 heteroatoms. The number of hydrogen-bond donors (Lipinski definition) is 1. The standard InChI is InChI=1S/C20H20O3/c21-18-19(13-7-8-14-19)20(22,16-11-5-2-6-12-16)17(23-18)15-9-3-1-4-10-15/h1-6,9-12,17,22H,7-8,13-14H2/t17-,20+/m0/s1. The minimum absolute atomic E-state index is 0.254. The average Bonchev–Trinajstić information content (AvgIpc) is 3.19. The fourth-order valence-corrected chi connectivity index (χ4v) is 4.33. The molecule has 118 valence electrons. The smallest absolute Gasteiger partial charge is 0.316 e. The molecule has 2 aliphatic rings. The number of aliphatic hydroxyl groups is 1. The Labute approximate surface area is 135 Å². The van der Waals surface area contributed by atoms with Gasteiger partial charge in [-0.1, -0.05) is 73.5 Å². The predicted octanol–water partition coefficient (Wildman–Crippen LogP) is 3.73. The van der Waals surface area contributed by atoms with Crippen LogP contribution in [0.15, 0.2) is 60.7 Å². The van der Waals surface area contributed by atoms with Crippen molar-refractivity contribution in [3.05, 3.63) is 71.8 Å². The van der Waals surface area contributed by atoms with Crippen LogP contribution in [0.2, 0.25) is 0 Å². The molecule has 2 aromatic carbocycles. The Morgan fingerprint density at radius 2 is 1.48 bits per heavy atom. The van der Waals surface area contributed by atoms with Crippen molar-refractivity contribution < 1.29 is 14.6 Å². The van der Waals surface area contributed by atoms with Gasteiger partial charge in [0, 0.05) is 0 Å². The minimum atomic E-state index is -1.32. The van der Waals surface area contributed by atoms with Crippen molar-refractivity contribution in [2.75, 3.05) is 0 Å². The van der Waals surface area contributed by atoms with Gasteiger partial charge in [0.05, 0.1) is 0 Å². The zero-order chi connectivity index (χ0) is 15.9. The lowest BCUT2D eigenvalue weighted by molar-refractivity contribution is -0.149. The molecule has 1 heterocycles. The quantitative estimate of drug-likeness (QED) is 0.860. The fraction of sp³-hybridized carbons (Fsp3) is 0.350. The molecule has 1 spiro atoms. The molecular formula is C20H20O3. The molecule has 1 aliphatic heterocycles. The van der Waals surface area contributed by atoms with Gasteiger partial charge in [-0.2, -0.15) is 0 Å². The van der Waals surface area contributed by atoms with Crippen LogP contribution in [0.4, 0.5) is 0 Å². The van der Waals surface area contributed by atoms with Crippen molar-refractivity contribution in [3.63, 3.8) is 0 Å². The number of cyclic esters (lactones) is 1. The van der Waals surface area contributed by atoms with Crippen LogP contribution < -0.4 is 0 Å². The molecule has 0 bridgehead atoms. The Hall–Kier alpha value is -2.13. The third-order valence-corrected chi connectivity index (χ3v) is 5.50. The van der Waals surface area contributed by atoms with Crippen molar-refractivity contribution in [1.29, 1.82) is 0 Å². The summed E-state index contributed by atoms with van der Waals surface area (Å²) in [7, 11) is 0. The van der Waals surface area contributed by atoms with Gasteiger partial charge in [-0.3, -0.25) is 4.79 Å². The molecule has 1 aliphatic carbocycles. The van der Waals surface area contributed by atoms with Crippen molar-refractivity contribution >= 4 is 5.97 Å². The molecule has 0 amide bonds. The van der Waals surface area contributed by atoms with Gasteiger partial charge in [-0.15, -0.1) is 0 Å². The second-order valence-corrected chi connectivity index (χ2v) is 6.62. The van der Waals surface area contributed by atoms with E-state index < -0.39 is 17.1 Å². The third-order valence-electron chi connectivity index (χ3n) is 5.50. The molecule has 23 heavy (non-hydrogen) atoms. The predicted molar refractivity (Wildman–Crippen MR) is 86.5 cm³/mol. The van der Waals surface area contributed by atoms with Crippen LogP contribution in [0, 0.1) is 5.41 Å². The Kier molecular flexibility index (Phi) is 3.27. The highest BCUT2D eigenvalue weighted by molar-refractivity contribution is 5.82. The summed E-state index contributed by atoms with van der Waals surface area (Å²) in [5.41, 5.74) is -0.532. The molecule has 3 nitrogen and oxygen atoms in total. The number of rotatable bonds is 2. The van der Waals surface area contributed by atoms with Gasteiger partial charge in [0.1, 0.15) is 11.0 Å². The van der Waals surface area contributed by atoms with Crippen LogP contribution in [0.25, 0.3) is 0 Å². The van der Waals surface area contributed by atoms with Gasteiger partial charge in [0.2, 0.25) is 0 Å². The third kappa shape index (κ3) is 1.89. The molecule has 1 saturated carbocycles. The molecule has 2 atom stereocenters. The van der Waals surface area contributed by atoms with E-state index >= 15 is 0 Å². The van der Waals surface area contributed by atoms with Gasteiger partial charge in [-0.25, -0.2) is 0 Å². The van der Waals surface area contributed by atoms with E-state index in [1.807, 2.05) is 60.7 Å². The largest absolute Gasteiger partial charge is 0.453 e. The molecule has 4 rings (SSSR count). The average molecular weight is 308 g/mol. The summed E-state index contributed by atoms with van der Waals surface area (Å²) in [4.78, 5) is 12.8. The van der Waals surface area contributed by atoms with Crippen molar-refractivity contribution in [2.45, 2.75) is 37.4 Å². The summed E-state index contributed by atoms with van der Waals surface area (Å²) in [6, 6.07) is 19.1.